The number of methoxy groups -OCH3 is 1. The molecule has 0 fully saturated rings. The van der Waals surface area contributed by atoms with Crippen LogP contribution < -0.4 is 19.4 Å². The fourth-order valence-corrected chi connectivity index (χ4v) is 5.48. The number of amidine groups is 1. The van der Waals surface area contributed by atoms with Crippen molar-refractivity contribution >= 4 is 62.1 Å². The molecule has 0 N–H and O–H groups in total. The summed E-state index contributed by atoms with van der Waals surface area (Å²) in [5.74, 6) is 1.22. The number of hydrogen-bond acceptors (Lipinski definition) is 6. The summed E-state index contributed by atoms with van der Waals surface area (Å²) in [7, 11) is 1.59. The Morgan fingerprint density at radius 3 is 2.40 bits per heavy atom. The predicted molar refractivity (Wildman–Crippen MR) is 165 cm³/mol. The average Bonchev–Trinajstić information content (AvgIpc) is 3.34. The largest absolute Gasteiger partial charge is 0.493 e. The summed E-state index contributed by atoms with van der Waals surface area (Å²) in [4.78, 5) is 14.9. The number of aryl methyl sites for hydroxylation is 1. The van der Waals surface area contributed by atoms with E-state index < -0.39 is 6.17 Å². The molecule has 0 saturated heterocycles. The lowest BCUT2D eigenvalue weighted by atomic mass is 10.1. The van der Waals surface area contributed by atoms with Gasteiger partial charge in [-0.15, -0.1) is 5.10 Å². The van der Waals surface area contributed by atoms with Gasteiger partial charge in [-0.3, -0.25) is 9.69 Å². The molecule has 40 heavy (non-hydrogen) atoms. The first kappa shape index (κ1) is 28.0. The summed E-state index contributed by atoms with van der Waals surface area (Å²) in [6.07, 6.45) is -0.510. The number of benzene rings is 4. The summed E-state index contributed by atoms with van der Waals surface area (Å²) >= 11 is 16.2. The fourth-order valence-electron chi connectivity index (χ4n) is 4.59. The van der Waals surface area contributed by atoms with Crippen LogP contribution in [-0.2, 0) is 11.4 Å². The second-order valence-electron chi connectivity index (χ2n) is 9.30. The Balaban J connectivity index is 1.62. The molecule has 0 saturated carbocycles. The number of carbonyl (C=O) groups is 1. The highest BCUT2D eigenvalue weighted by atomic mass is 79.9. The first-order chi connectivity index (χ1) is 19.3. The predicted octanol–water partition coefficient (Wildman–Crippen LogP) is 8.58. The molecule has 9 heteroatoms. The van der Waals surface area contributed by atoms with Gasteiger partial charge in [0, 0.05) is 33.8 Å². The summed E-state index contributed by atoms with van der Waals surface area (Å²) in [6.45, 7) is 3.80. The Kier molecular flexibility index (Phi) is 8.35. The normalized spacial score (nSPS) is 14.8. The van der Waals surface area contributed by atoms with E-state index in [0.29, 0.717) is 31.9 Å². The average molecular weight is 639 g/mol. The first-order valence-electron chi connectivity index (χ1n) is 12.5. The lowest BCUT2D eigenvalue weighted by Crippen LogP contribution is -2.37. The standard InChI is InChI=1S/C31H26BrCl2N3O3/c1-19-7-6-9-25(15-19)36-30(20(2)38)35-37(24-13-11-23(33)12-14-24)31(36)22-16-26(32)29(28(17-22)39-3)40-18-21-8-4-5-10-27(21)34/h4-17,31H,18H2,1-3H3. The number of rotatable bonds is 8. The molecule has 1 aliphatic rings. The van der Waals surface area contributed by atoms with Crippen molar-refractivity contribution < 1.29 is 14.3 Å². The van der Waals surface area contributed by atoms with E-state index in [4.69, 9.17) is 37.8 Å². The van der Waals surface area contributed by atoms with Crippen LogP contribution in [0.3, 0.4) is 0 Å². The molecule has 0 radical (unpaired) electrons. The monoisotopic (exact) mass is 637 g/mol. The highest BCUT2D eigenvalue weighted by Gasteiger charge is 2.40. The van der Waals surface area contributed by atoms with E-state index in [1.807, 2.05) is 89.6 Å². The minimum atomic E-state index is -0.510. The van der Waals surface area contributed by atoms with Crippen LogP contribution in [-0.4, -0.2) is 18.7 Å². The lowest BCUT2D eigenvalue weighted by Gasteiger charge is -2.32. The zero-order chi connectivity index (χ0) is 28.4. The quantitative estimate of drug-likeness (QED) is 0.193. The summed E-state index contributed by atoms with van der Waals surface area (Å²) in [6, 6.07) is 26.7. The van der Waals surface area contributed by atoms with Crippen LogP contribution in [0, 0.1) is 6.92 Å². The molecule has 1 atom stereocenters. The second-order valence-corrected chi connectivity index (χ2v) is 11.0. The van der Waals surface area contributed by atoms with Gasteiger partial charge in [-0.2, -0.15) is 0 Å². The molecule has 6 nitrogen and oxygen atoms in total. The van der Waals surface area contributed by atoms with Gasteiger partial charge in [-0.1, -0.05) is 53.5 Å². The molecule has 1 heterocycles. The molecule has 4 aromatic carbocycles. The number of carbonyl (C=O) groups excluding carboxylic acids is 1. The zero-order valence-corrected chi connectivity index (χ0v) is 25.2. The van der Waals surface area contributed by atoms with E-state index in [1.165, 1.54) is 6.92 Å². The van der Waals surface area contributed by atoms with Gasteiger partial charge in [0.05, 0.1) is 17.3 Å². The van der Waals surface area contributed by atoms with E-state index in [9.17, 15) is 4.79 Å². The van der Waals surface area contributed by atoms with E-state index in [2.05, 4.69) is 15.9 Å². The van der Waals surface area contributed by atoms with Crippen LogP contribution in [0.1, 0.15) is 29.8 Å². The topological polar surface area (TPSA) is 54.4 Å². The van der Waals surface area contributed by atoms with Gasteiger partial charge in [0.25, 0.3) is 0 Å². The van der Waals surface area contributed by atoms with E-state index in [0.717, 1.165) is 28.1 Å². The molecule has 4 aromatic rings. The third-order valence-electron chi connectivity index (χ3n) is 6.47. The third kappa shape index (κ3) is 5.68. The Hall–Kier alpha value is -3.52. The van der Waals surface area contributed by atoms with Crippen molar-refractivity contribution in [2.45, 2.75) is 26.6 Å². The molecule has 0 bridgehead atoms. The van der Waals surface area contributed by atoms with Crippen LogP contribution in [0.5, 0.6) is 11.5 Å². The van der Waals surface area contributed by atoms with Gasteiger partial charge in [0.2, 0.25) is 0 Å². The van der Waals surface area contributed by atoms with Gasteiger partial charge in [-0.05, 0) is 83.0 Å². The molecule has 0 amide bonds. The van der Waals surface area contributed by atoms with E-state index >= 15 is 0 Å². The minimum Gasteiger partial charge on any atom is -0.493 e. The van der Waals surface area contributed by atoms with Gasteiger partial charge in [0.1, 0.15) is 6.61 Å². The van der Waals surface area contributed by atoms with Crippen molar-refractivity contribution in [3.63, 3.8) is 0 Å². The molecule has 1 aliphatic heterocycles. The second kappa shape index (κ2) is 11.9. The van der Waals surface area contributed by atoms with Crippen molar-refractivity contribution in [1.29, 1.82) is 0 Å². The van der Waals surface area contributed by atoms with E-state index in [1.54, 1.807) is 19.2 Å². The van der Waals surface area contributed by atoms with Crippen LogP contribution in [0.4, 0.5) is 11.4 Å². The van der Waals surface area contributed by atoms with Crippen molar-refractivity contribution in [2.75, 3.05) is 17.0 Å². The maximum Gasteiger partial charge on any atom is 0.198 e. The molecule has 0 aromatic heterocycles. The van der Waals surface area contributed by atoms with Crippen molar-refractivity contribution in [3.05, 3.63) is 116 Å². The van der Waals surface area contributed by atoms with Gasteiger partial charge < -0.3 is 9.47 Å². The Labute approximate surface area is 251 Å². The van der Waals surface area contributed by atoms with Crippen molar-refractivity contribution in [1.82, 2.24) is 0 Å². The number of ether oxygens (including phenoxy) is 2. The zero-order valence-electron chi connectivity index (χ0n) is 22.1. The van der Waals surface area contributed by atoms with Crippen LogP contribution in [0.15, 0.2) is 94.5 Å². The number of hydrogen-bond donors (Lipinski definition) is 0. The number of anilines is 2. The maximum atomic E-state index is 12.9. The smallest absolute Gasteiger partial charge is 0.198 e. The Morgan fingerprint density at radius 1 is 0.975 bits per heavy atom. The molecule has 5 rings (SSSR count). The van der Waals surface area contributed by atoms with Crippen LogP contribution in [0.2, 0.25) is 10.0 Å². The minimum absolute atomic E-state index is 0.159. The lowest BCUT2D eigenvalue weighted by molar-refractivity contribution is -0.111. The molecular formula is C31H26BrCl2N3O3. The molecule has 0 aliphatic carbocycles. The Morgan fingerprint density at radius 2 is 1.73 bits per heavy atom. The number of nitrogens with zero attached hydrogens (tertiary/aromatic N) is 3. The summed E-state index contributed by atoms with van der Waals surface area (Å²) < 4.78 is 12.6. The SMILES string of the molecule is COc1cc(C2N(c3ccc(Cl)cc3)N=C(C(C)=O)N2c2cccc(C)c2)cc(Br)c1OCc1ccccc1Cl. The molecule has 204 valence electrons. The van der Waals surface area contributed by atoms with Crippen LogP contribution in [0.25, 0.3) is 0 Å². The summed E-state index contributed by atoms with van der Waals surface area (Å²) in [5, 5.41) is 7.86. The van der Waals surface area contributed by atoms with Crippen molar-refractivity contribution in [3.8, 4) is 11.5 Å². The van der Waals surface area contributed by atoms with Gasteiger partial charge >= 0.3 is 0 Å². The third-order valence-corrected chi connectivity index (χ3v) is 7.68. The van der Waals surface area contributed by atoms with Crippen LogP contribution >= 0.6 is 39.1 Å². The highest BCUT2D eigenvalue weighted by Crippen LogP contribution is 2.45. The number of hydrazone groups is 1. The number of Topliss-reactive ketones (excluding diaryl/α,β-unsaturated/α-hetero) is 1. The van der Waals surface area contributed by atoms with E-state index in [-0.39, 0.29) is 12.4 Å². The highest BCUT2D eigenvalue weighted by molar-refractivity contribution is 9.10. The summed E-state index contributed by atoms with van der Waals surface area (Å²) in [5.41, 5.74) is 4.36. The Bertz CT molecular complexity index is 1590. The number of ketones is 1. The van der Waals surface area contributed by atoms with Gasteiger partial charge in [0.15, 0.2) is 29.3 Å². The van der Waals surface area contributed by atoms with Gasteiger partial charge in [-0.25, -0.2) is 5.01 Å². The van der Waals surface area contributed by atoms with Crippen molar-refractivity contribution in [2.24, 2.45) is 5.10 Å². The first-order valence-corrected chi connectivity index (χ1v) is 14.1. The molecular weight excluding hydrogens is 613 g/mol. The maximum absolute atomic E-state index is 12.9. The molecule has 1 unspecified atom stereocenters. The number of halogens is 3. The fraction of sp³-hybridized carbons (Fsp3) is 0.161. The molecule has 0 spiro atoms.